The van der Waals surface area contributed by atoms with Crippen LogP contribution in [-0.2, 0) is 15.1 Å². The topological polar surface area (TPSA) is 26.3 Å². The van der Waals surface area contributed by atoms with Crippen molar-refractivity contribution >= 4 is 16.7 Å². The standard InChI is InChI=1S/C23H20O2/c1-4-23(25-22(24)15(2)3)20-12-8-7-11-18(20)19-14-13-16-9-5-6-10-17(16)21(19)23/h5-14H,2,4H2,1,3H3. The minimum Gasteiger partial charge on any atom is -0.446 e. The van der Waals surface area contributed by atoms with Gasteiger partial charge in [-0.3, -0.25) is 0 Å². The number of hydrogen-bond acceptors (Lipinski definition) is 2. The zero-order valence-corrected chi connectivity index (χ0v) is 14.5. The minimum atomic E-state index is -0.775. The van der Waals surface area contributed by atoms with E-state index in [4.69, 9.17) is 4.74 Å². The minimum absolute atomic E-state index is 0.350. The van der Waals surface area contributed by atoms with Crippen molar-refractivity contribution in [3.05, 3.63) is 83.9 Å². The zero-order chi connectivity index (χ0) is 17.6. The van der Waals surface area contributed by atoms with E-state index >= 15 is 0 Å². The first-order valence-corrected chi connectivity index (χ1v) is 8.59. The lowest BCUT2D eigenvalue weighted by Crippen LogP contribution is -2.31. The van der Waals surface area contributed by atoms with Crippen LogP contribution < -0.4 is 0 Å². The second-order valence-electron chi connectivity index (χ2n) is 6.61. The van der Waals surface area contributed by atoms with Gasteiger partial charge in [0.2, 0.25) is 0 Å². The molecule has 1 aliphatic carbocycles. The van der Waals surface area contributed by atoms with Crippen LogP contribution in [0.1, 0.15) is 31.4 Å². The fraction of sp³-hybridized carbons (Fsp3) is 0.174. The molecule has 0 amide bonds. The second kappa shape index (κ2) is 5.59. The van der Waals surface area contributed by atoms with Gasteiger partial charge < -0.3 is 4.74 Å². The van der Waals surface area contributed by atoms with Crippen LogP contribution in [0.3, 0.4) is 0 Å². The summed E-state index contributed by atoms with van der Waals surface area (Å²) in [7, 11) is 0. The first-order chi connectivity index (χ1) is 12.1. The predicted molar refractivity (Wildman–Crippen MR) is 101 cm³/mol. The van der Waals surface area contributed by atoms with E-state index in [0.717, 1.165) is 33.0 Å². The van der Waals surface area contributed by atoms with Crippen LogP contribution in [0, 0.1) is 0 Å². The van der Waals surface area contributed by atoms with Gasteiger partial charge in [0.05, 0.1) is 0 Å². The average Bonchev–Trinajstić information content (AvgIpc) is 2.93. The summed E-state index contributed by atoms with van der Waals surface area (Å²) in [6.45, 7) is 7.52. The summed E-state index contributed by atoms with van der Waals surface area (Å²) < 4.78 is 6.13. The Morgan fingerprint density at radius 2 is 1.72 bits per heavy atom. The van der Waals surface area contributed by atoms with Crippen molar-refractivity contribution in [2.75, 3.05) is 0 Å². The van der Waals surface area contributed by atoms with E-state index < -0.39 is 5.60 Å². The Morgan fingerprint density at radius 3 is 2.48 bits per heavy atom. The molecular formula is C23H20O2. The van der Waals surface area contributed by atoms with Crippen LogP contribution in [0.15, 0.2) is 72.8 Å². The third-order valence-corrected chi connectivity index (χ3v) is 5.10. The van der Waals surface area contributed by atoms with Crippen molar-refractivity contribution in [2.24, 2.45) is 0 Å². The van der Waals surface area contributed by atoms with Crippen molar-refractivity contribution in [2.45, 2.75) is 25.9 Å². The molecule has 124 valence electrons. The van der Waals surface area contributed by atoms with Crippen molar-refractivity contribution in [1.29, 1.82) is 0 Å². The third-order valence-electron chi connectivity index (χ3n) is 5.10. The number of carbonyl (C=O) groups excluding carboxylic acids is 1. The summed E-state index contributed by atoms with van der Waals surface area (Å²) in [5.41, 5.74) is 4.06. The maximum absolute atomic E-state index is 12.5. The highest BCUT2D eigenvalue weighted by Crippen LogP contribution is 2.54. The largest absolute Gasteiger partial charge is 0.446 e. The molecule has 0 radical (unpaired) electrons. The Bertz CT molecular complexity index is 1020. The van der Waals surface area contributed by atoms with Crippen LogP contribution in [-0.4, -0.2) is 5.97 Å². The number of carbonyl (C=O) groups is 1. The molecule has 0 N–H and O–H groups in total. The molecule has 0 bridgehead atoms. The van der Waals surface area contributed by atoms with Crippen LogP contribution in [0.25, 0.3) is 21.9 Å². The first kappa shape index (κ1) is 15.6. The number of ether oxygens (including phenoxy) is 1. The van der Waals surface area contributed by atoms with Crippen molar-refractivity contribution < 1.29 is 9.53 Å². The molecule has 0 saturated heterocycles. The number of fused-ring (bicyclic) bond motifs is 5. The zero-order valence-electron chi connectivity index (χ0n) is 14.5. The fourth-order valence-electron chi connectivity index (χ4n) is 3.93. The SMILES string of the molecule is C=C(C)C(=O)OC1(CC)c2ccccc2-c2ccc3ccccc3c21. The molecular weight excluding hydrogens is 308 g/mol. The highest BCUT2D eigenvalue weighted by molar-refractivity contribution is 5.98. The van der Waals surface area contributed by atoms with Crippen molar-refractivity contribution in [3.63, 3.8) is 0 Å². The Labute approximate surface area is 147 Å². The normalized spacial score (nSPS) is 17.8. The molecule has 1 aliphatic rings. The Hall–Kier alpha value is -2.87. The van der Waals surface area contributed by atoms with Gasteiger partial charge in [-0.1, -0.05) is 74.2 Å². The second-order valence-corrected chi connectivity index (χ2v) is 6.61. The Kier molecular flexibility index (Phi) is 3.50. The number of esters is 1. The molecule has 0 saturated carbocycles. The van der Waals surface area contributed by atoms with Gasteiger partial charge in [0.1, 0.15) is 0 Å². The quantitative estimate of drug-likeness (QED) is 0.462. The average molecular weight is 328 g/mol. The molecule has 25 heavy (non-hydrogen) atoms. The number of rotatable bonds is 3. The lowest BCUT2D eigenvalue weighted by atomic mass is 9.85. The predicted octanol–water partition coefficient (Wildman–Crippen LogP) is 5.59. The molecule has 0 fully saturated rings. The monoisotopic (exact) mass is 328 g/mol. The van der Waals surface area contributed by atoms with Gasteiger partial charge in [0.25, 0.3) is 0 Å². The highest BCUT2D eigenvalue weighted by atomic mass is 16.6. The van der Waals surface area contributed by atoms with Gasteiger partial charge in [0.15, 0.2) is 5.60 Å². The maximum Gasteiger partial charge on any atom is 0.334 e. The van der Waals surface area contributed by atoms with Crippen LogP contribution in [0.5, 0.6) is 0 Å². The number of hydrogen-bond donors (Lipinski definition) is 0. The van der Waals surface area contributed by atoms with E-state index in [-0.39, 0.29) is 5.97 Å². The van der Waals surface area contributed by atoms with Gasteiger partial charge in [0, 0.05) is 16.7 Å². The van der Waals surface area contributed by atoms with E-state index in [1.54, 1.807) is 6.92 Å². The van der Waals surface area contributed by atoms with Gasteiger partial charge in [-0.15, -0.1) is 0 Å². The van der Waals surface area contributed by atoms with Gasteiger partial charge in [-0.05, 0) is 35.2 Å². The Morgan fingerprint density at radius 1 is 1.00 bits per heavy atom. The van der Waals surface area contributed by atoms with Gasteiger partial charge in [-0.25, -0.2) is 4.79 Å². The molecule has 1 atom stereocenters. The Balaban J connectivity index is 2.09. The lowest BCUT2D eigenvalue weighted by Gasteiger charge is -2.31. The molecule has 1 unspecified atom stereocenters. The molecule has 3 aromatic carbocycles. The summed E-state index contributed by atoms with van der Waals surface area (Å²) in [5, 5.41) is 2.28. The smallest absolute Gasteiger partial charge is 0.334 e. The third kappa shape index (κ3) is 2.14. The molecule has 0 aromatic heterocycles. The molecule has 4 rings (SSSR count). The maximum atomic E-state index is 12.5. The molecule has 2 nitrogen and oxygen atoms in total. The van der Waals surface area contributed by atoms with E-state index in [2.05, 4.69) is 49.9 Å². The highest BCUT2D eigenvalue weighted by Gasteiger charge is 2.46. The van der Waals surface area contributed by atoms with E-state index in [9.17, 15) is 4.79 Å². The first-order valence-electron chi connectivity index (χ1n) is 8.59. The fourth-order valence-corrected chi connectivity index (χ4v) is 3.93. The summed E-state index contributed by atoms with van der Waals surface area (Å²) in [5.74, 6) is -0.350. The summed E-state index contributed by atoms with van der Waals surface area (Å²) in [6, 6.07) is 20.8. The van der Waals surface area contributed by atoms with E-state index in [1.165, 1.54) is 0 Å². The summed E-state index contributed by atoms with van der Waals surface area (Å²) in [6.07, 6.45) is 0.671. The van der Waals surface area contributed by atoms with Crippen molar-refractivity contribution in [3.8, 4) is 11.1 Å². The summed E-state index contributed by atoms with van der Waals surface area (Å²) >= 11 is 0. The van der Waals surface area contributed by atoms with Crippen LogP contribution in [0.4, 0.5) is 0 Å². The van der Waals surface area contributed by atoms with Crippen molar-refractivity contribution in [1.82, 2.24) is 0 Å². The summed E-state index contributed by atoms with van der Waals surface area (Å²) in [4.78, 5) is 12.5. The molecule has 2 heteroatoms. The molecule has 0 spiro atoms. The number of benzene rings is 3. The van der Waals surface area contributed by atoms with Gasteiger partial charge in [-0.2, -0.15) is 0 Å². The molecule has 3 aromatic rings. The lowest BCUT2D eigenvalue weighted by molar-refractivity contribution is -0.151. The van der Waals surface area contributed by atoms with Crippen LogP contribution in [0.2, 0.25) is 0 Å². The van der Waals surface area contributed by atoms with E-state index in [0.29, 0.717) is 12.0 Å². The van der Waals surface area contributed by atoms with Gasteiger partial charge >= 0.3 is 5.97 Å². The van der Waals surface area contributed by atoms with Crippen LogP contribution >= 0.6 is 0 Å². The molecule has 0 heterocycles. The van der Waals surface area contributed by atoms with E-state index in [1.807, 2.05) is 24.3 Å². The molecule has 0 aliphatic heterocycles.